The number of hydrogen-bond donors (Lipinski definition) is 1. The summed E-state index contributed by atoms with van der Waals surface area (Å²) in [6.45, 7) is 2.39. The Kier molecular flexibility index (Phi) is 5.85. The number of anilines is 1. The molecule has 5 aliphatic rings. The first kappa shape index (κ1) is 22.4. The highest BCUT2D eigenvalue weighted by molar-refractivity contribution is 14.1. The maximum atomic E-state index is 13.2. The highest BCUT2D eigenvalue weighted by Crippen LogP contribution is 2.61. The molecule has 1 aromatic heterocycles. The second-order valence-electron chi connectivity index (χ2n) is 11.2. The van der Waals surface area contributed by atoms with Gasteiger partial charge in [0.2, 0.25) is 5.91 Å². The number of rotatable bonds is 5. The molecular formula is C27H30IN5O. The number of carbonyl (C=O) groups is 1. The van der Waals surface area contributed by atoms with Gasteiger partial charge in [0.1, 0.15) is 18.2 Å². The van der Waals surface area contributed by atoms with Crippen molar-refractivity contribution in [1.82, 2.24) is 14.9 Å². The summed E-state index contributed by atoms with van der Waals surface area (Å²) in [5.41, 5.74) is 4.18. The molecule has 1 aromatic carbocycles. The van der Waals surface area contributed by atoms with Gasteiger partial charge in [0, 0.05) is 35.2 Å². The normalized spacial score (nSPS) is 29.5. The van der Waals surface area contributed by atoms with E-state index in [2.05, 4.69) is 54.9 Å². The van der Waals surface area contributed by atoms with Crippen LogP contribution in [0, 0.1) is 38.1 Å². The molecule has 2 heterocycles. The maximum Gasteiger partial charge on any atom is 0.226 e. The van der Waals surface area contributed by atoms with E-state index in [1.54, 1.807) is 6.33 Å². The first-order chi connectivity index (χ1) is 16.5. The Morgan fingerprint density at radius 2 is 1.91 bits per heavy atom. The molecular weight excluding hydrogens is 537 g/mol. The van der Waals surface area contributed by atoms with Gasteiger partial charge in [-0.25, -0.2) is 9.97 Å². The average molecular weight is 567 g/mol. The predicted octanol–water partition coefficient (Wildman–Crippen LogP) is 5.06. The lowest BCUT2D eigenvalue weighted by atomic mass is 9.49. The summed E-state index contributed by atoms with van der Waals surface area (Å²) in [4.78, 5) is 24.5. The van der Waals surface area contributed by atoms with Crippen molar-refractivity contribution in [3.63, 3.8) is 0 Å². The number of benzene rings is 1. The summed E-state index contributed by atoms with van der Waals surface area (Å²) in [5, 5.41) is 12.5. The van der Waals surface area contributed by atoms with Gasteiger partial charge >= 0.3 is 0 Å². The van der Waals surface area contributed by atoms with Crippen LogP contribution in [0.15, 0.2) is 24.5 Å². The van der Waals surface area contributed by atoms with E-state index in [9.17, 15) is 10.1 Å². The molecule has 34 heavy (non-hydrogen) atoms. The van der Waals surface area contributed by atoms with Crippen LogP contribution in [0.25, 0.3) is 0 Å². The second kappa shape index (κ2) is 8.87. The fourth-order valence-corrected chi connectivity index (χ4v) is 8.15. The number of fused-ring (bicyclic) bond motifs is 1. The van der Waals surface area contributed by atoms with Gasteiger partial charge in [-0.15, -0.1) is 0 Å². The lowest BCUT2D eigenvalue weighted by molar-refractivity contribution is -0.124. The van der Waals surface area contributed by atoms with E-state index in [1.807, 2.05) is 12.1 Å². The molecule has 7 heteroatoms. The van der Waals surface area contributed by atoms with Crippen LogP contribution in [0.2, 0.25) is 0 Å². The summed E-state index contributed by atoms with van der Waals surface area (Å²) in [7, 11) is 0. The Balaban J connectivity index is 1.12. The number of halogens is 1. The SMILES string of the molecule is N#Cc1cc(CN2CCc3c(ncnc3NC(=O)CC34CC5CC(CC(C5)C3)C4)C2)ccc1I. The fraction of sp³-hybridized carbons (Fsp3) is 0.556. The van der Waals surface area contributed by atoms with Crippen LogP contribution >= 0.6 is 22.6 Å². The first-order valence-corrected chi connectivity index (χ1v) is 13.6. The number of aromatic nitrogens is 2. The molecule has 176 valence electrons. The van der Waals surface area contributed by atoms with Gasteiger partial charge in [0.05, 0.1) is 11.3 Å². The van der Waals surface area contributed by atoms with Gasteiger partial charge in [0.15, 0.2) is 0 Å². The minimum Gasteiger partial charge on any atom is -0.310 e. The molecule has 4 fully saturated rings. The van der Waals surface area contributed by atoms with Gasteiger partial charge in [0.25, 0.3) is 0 Å². The van der Waals surface area contributed by atoms with Crippen LogP contribution in [-0.2, 0) is 24.3 Å². The summed E-state index contributed by atoms with van der Waals surface area (Å²) in [5.74, 6) is 3.41. The van der Waals surface area contributed by atoms with E-state index < -0.39 is 0 Å². The number of carbonyl (C=O) groups excluding carboxylic acids is 1. The van der Waals surface area contributed by atoms with E-state index in [0.717, 1.165) is 69.8 Å². The Morgan fingerprint density at radius 3 is 2.62 bits per heavy atom. The third-order valence-electron chi connectivity index (χ3n) is 8.60. The van der Waals surface area contributed by atoms with Gasteiger partial charge in [-0.2, -0.15) is 5.26 Å². The molecule has 4 bridgehead atoms. The second-order valence-corrected chi connectivity index (χ2v) is 12.3. The molecule has 0 radical (unpaired) electrons. The summed E-state index contributed by atoms with van der Waals surface area (Å²) in [6.07, 6.45) is 11.0. The lowest BCUT2D eigenvalue weighted by Gasteiger charge is -2.56. The van der Waals surface area contributed by atoms with E-state index >= 15 is 0 Å². The van der Waals surface area contributed by atoms with Crippen molar-refractivity contribution in [1.29, 1.82) is 5.26 Å². The van der Waals surface area contributed by atoms with Crippen LogP contribution in [0.3, 0.4) is 0 Å². The molecule has 0 saturated heterocycles. The summed E-state index contributed by atoms with van der Waals surface area (Å²) in [6, 6.07) is 8.35. The summed E-state index contributed by atoms with van der Waals surface area (Å²) >= 11 is 2.20. The van der Waals surface area contributed by atoms with Crippen molar-refractivity contribution in [3.05, 3.63) is 50.5 Å². The van der Waals surface area contributed by atoms with Crippen LogP contribution in [0.5, 0.6) is 0 Å². The zero-order valence-electron chi connectivity index (χ0n) is 19.4. The number of hydrogen-bond acceptors (Lipinski definition) is 5. The third-order valence-corrected chi connectivity index (χ3v) is 9.54. The third kappa shape index (κ3) is 4.35. The van der Waals surface area contributed by atoms with Gasteiger partial charge in [-0.1, -0.05) is 6.07 Å². The Morgan fingerprint density at radius 1 is 1.18 bits per heavy atom. The molecule has 0 spiro atoms. The van der Waals surface area contributed by atoms with Gasteiger partial charge in [-0.05, 0) is 108 Å². The molecule has 1 amide bonds. The van der Waals surface area contributed by atoms with Crippen molar-refractivity contribution in [3.8, 4) is 6.07 Å². The van der Waals surface area contributed by atoms with E-state index in [4.69, 9.17) is 0 Å². The van der Waals surface area contributed by atoms with E-state index in [1.165, 1.54) is 38.5 Å². The Bertz CT molecular complexity index is 1140. The largest absolute Gasteiger partial charge is 0.310 e. The van der Waals surface area contributed by atoms with Crippen molar-refractivity contribution in [2.75, 3.05) is 11.9 Å². The molecule has 1 N–H and O–H groups in total. The highest BCUT2D eigenvalue weighted by Gasteiger charge is 2.51. The molecule has 0 atom stereocenters. The number of amides is 1. The zero-order valence-corrected chi connectivity index (χ0v) is 21.6. The molecule has 6 nitrogen and oxygen atoms in total. The van der Waals surface area contributed by atoms with E-state index in [0.29, 0.717) is 12.2 Å². The minimum atomic E-state index is 0.133. The topological polar surface area (TPSA) is 81.9 Å². The number of nitrogens with zero attached hydrogens (tertiary/aromatic N) is 4. The van der Waals surface area contributed by atoms with Crippen molar-refractivity contribution in [2.45, 2.75) is 64.5 Å². The first-order valence-electron chi connectivity index (χ1n) is 12.5. The fourth-order valence-electron chi connectivity index (χ4n) is 7.69. The smallest absolute Gasteiger partial charge is 0.226 e. The average Bonchev–Trinajstić information content (AvgIpc) is 2.79. The van der Waals surface area contributed by atoms with Crippen LogP contribution in [0.1, 0.15) is 67.3 Å². The number of nitrogens with one attached hydrogen (secondary N) is 1. The quantitative estimate of drug-likeness (QED) is 0.512. The Labute approximate surface area is 214 Å². The van der Waals surface area contributed by atoms with E-state index in [-0.39, 0.29) is 11.3 Å². The van der Waals surface area contributed by atoms with Crippen LogP contribution in [0.4, 0.5) is 5.82 Å². The zero-order chi connectivity index (χ0) is 23.3. The van der Waals surface area contributed by atoms with Gasteiger partial charge < -0.3 is 5.32 Å². The minimum absolute atomic E-state index is 0.133. The molecule has 7 rings (SSSR count). The predicted molar refractivity (Wildman–Crippen MR) is 138 cm³/mol. The standard InChI is InChI=1S/C27H30IN5O/c28-23-2-1-17(8-21(23)13-29)14-33-4-3-22-24(15-33)30-16-31-26(22)32-25(34)12-27-9-18-5-19(10-27)7-20(6-18)11-27/h1-2,8,16,18-20H,3-7,9-12,14-15H2,(H,30,31,32,34). The molecule has 4 aliphatic carbocycles. The molecule has 2 aromatic rings. The molecule has 1 aliphatic heterocycles. The lowest BCUT2D eigenvalue weighted by Crippen LogP contribution is -2.47. The van der Waals surface area contributed by atoms with Crippen LogP contribution in [-0.4, -0.2) is 27.3 Å². The van der Waals surface area contributed by atoms with Gasteiger partial charge in [-0.3, -0.25) is 9.69 Å². The van der Waals surface area contributed by atoms with Crippen LogP contribution < -0.4 is 5.32 Å². The molecule has 0 unspecified atom stereocenters. The van der Waals surface area contributed by atoms with Crippen molar-refractivity contribution >= 4 is 34.3 Å². The highest BCUT2D eigenvalue weighted by atomic mass is 127. The summed E-state index contributed by atoms with van der Waals surface area (Å²) < 4.78 is 0.981. The maximum absolute atomic E-state index is 13.2. The Hall–Kier alpha value is -2.05. The molecule has 4 saturated carbocycles. The van der Waals surface area contributed by atoms with Crippen molar-refractivity contribution < 1.29 is 4.79 Å². The monoisotopic (exact) mass is 567 g/mol. The van der Waals surface area contributed by atoms with Crippen molar-refractivity contribution in [2.24, 2.45) is 23.2 Å². The number of nitriles is 1.